The Balaban J connectivity index is 0.00000312. The number of benzene rings is 1. The Labute approximate surface area is 177 Å². The number of para-hydroxylation sites is 1. The summed E-state index contributed by atoms with van der Waals surface area (Å²) in [4.78, 5) is 9.33. The first-order valence-electron chi connectivity index (χ1n) is 8.79. The number of hydrogen-bond acceptors (Lipinski definition) is 3. The van der Waals surface area contributed by atoms with Crippen molar-refractivity contribution in [3.63, 3.8) is 0 Å². The predicted octanol–water partition coefficient (Wildman–Crippen LogP) is 3.15. The van der Waals surface area contributed by atoms with Gasteiger partial charge in [-0.1, -0.05) is 12.1 Å². The molecule has 0 saturated carbocycles. The van der Waals surface area contributed by atoms with Crippen molar-refractivity contribution in [1.82, 2.24) is 15.5 Å². The molecule has 0 spiro atoms. The van der Waals surface area contributed by atoms with E-state index in [0.29, 0.717) is 6.04 Å². The van der Waals surface area contributed by atoms with Gasteiger partial charge in [0, 0.05) is 36.7 Å². The van der Waals surface area contributed by atoms with Crippen molar-refractivity contribution in [2.45, 2.75) is 25.8 Å². The van der Waals surface area contributed by atoms with Crippen molar-refractivity contribution in [2.24, 2.45) is 4.99 Å². The molecular weight excluding hydrogens is 493 g/mol. The summed E-state index contributed by atoms with van der Waals surface area (Å²) in [5, 5.41) is 6.95. The molecule has 1 unspecified atom stereocenters. The number of anilines is 1. The number of hydrogen-bond donors (Lipinski definition) is 2. The smallest absolute Gasteiger partial charge is 0.191 e. The second-order valence-electron chi connectivity index (χ2n) is 6.44. The third kappa shape index (κ3) is 7.70. The highest BCUT2D eigenvalue weighted by Gasteiger charge is 2.24. The van der Waals surface area contributed by atoms with Crippen LogP contribution in [-0.4, -0.2) is 63.7 Å². The molecule has 1 aliphatic heterocycles. The first kappa shape index (κ1) is 22.5. The van der Waals surface area contributed by atoms with Gasteiger partial charge in [0.15, 0.2) is 5.96 Å². The van der Waals surface area contributed by atoms with Crippen molar-refractivity contribution in [3.8, 4) is 0 Å². The van der Waals surface area contributed by atoms with Crippen LogP contribution in [0.3, 0.4) is 0 Å². The van der Waals surface area contributed by atoms with Gasteiger partial charge >= 0.3 is 0 Å². The molecule has 25 heavy (non-hydrogen) atoms. The van der Waals surface area contributed by atoms with E-state index in [-0.39, 0.29) is 24.0 Å². The molecule has 0 aliphatic carbocycles. The molecule has 0 amide bonds. The zero-order valence-corrected chi connectivity index (χ0v) is 19.4. The maximum absolute atomic E-state index is 4.70. The van der Waals surface area contributed by atoms with Crippen molar-refractivity contribution < 1.29 is 0 Å². The Morgan fingerprint density at radius 3 is 2.80 bits per heavy atom. The van der Waals surface area contributed by atoms with Crippen molar-refractivity contribution in [2.75, 3.05) is 51.7 Å². The van der Waals surface area contributed by atoms with E-state index in [1.165, 1.54) is 5.69 Å². The number of nitrogens with one attached hydrogen (secondary N) is 2. The summed E-state index contributed by atoms with van der Waals surface area (Å²) in [7, 11) is 4.20. The average Bonchev–Trinajstić information content (AvgIpc) is 3.00. The van der Waals surface area contributed by atoms with Crippen LogP contribution in [0.4, 0.5) is 5.69 Å². The zero-order valence-electron chi connectivity index (χ0n) is 15.5. The number of guanidine groups is 1. The fraction of sp³-hybridized carbons (Fsp3) is 0.611. The van der Waals surface area contributed by atoms with Gasteiger partial charge in [-0.2, -0.15) is 0 Å². The highest BCUT2D eigenvalue weighted by molar-refractivity contribution is 14.0. The fourth-order valence-electron chi connectivity index (χ4n) is 2.90. The molecule has 0 radical (unpaired) electrons. The van der Waals surface area contributed by atoms with Crippen LogP contribution >= 0.6 is 39.9 Å². The Morgan fingerprint density at radius 2 is 2.12 bits per heavy atom. The van der Waals surface area contributed by atoms with Gasteiger partial charge in [-0.15, -0.1) is 24.0 Å². The lowest BCUT2D eigenvalue weighted by Gasteiger charge is -2.21. The van der Waals surface area contributed by atoms with Gasteiger partial charge in [-0.05, 0) is 68.5 Å². The quantitative estimate of drug-likeness (QED) is 0.249. The summed E-state index contributed by atoms with van der Waals surface area (Å²) < 4.78 is 1.16. The Hall–Kier alpha value is -0.540. The number of aliphatic imine (C=N–C) groups is 1. The second kappa shape index (κ2) is 12.0. The molecule has 5 nitrogen and oxygen atoms in total. The molecule has 1 heterocycles. The standard InChI is InChI=1S/C18H30BrN5.HI/c1-4-20-18(21-11-7-12-23(2)3)22-15-10-13-24(14-15)17-9-6-5-8-16(17)19;/h5-6,8-9,15H,4,7,10-14H2,1-3H3,(H2,20,21,22);1H. The minimum Gasteiger partial charge on any atom is -0.368 e. The zero-order chi connectivity index (χ0) is 17.4. The average molecular weight is 524 g/mol. The van der Waals surface area contributed by atoms with Gasteiger partial charge in [0.2, 0.25) is 0 Å². The molecule has 1 aromatic carbocycles. The summed E-state index contributed by atoms with van der Waals surface area (Å²) in [6.07, 6.45) is 2.21. The lowest BCUT2D eigenvalue weighted by atomic mass is 10.2. The first-order valence-corrected chi connectivity index (χ1v) is 9.58. The first-order chi connectivity index (χ1) is 11.6. The lowest BCUT2D eigenvalue weighted by molar-refractivity contribution is 0.403. The molecule has 0 aromatic heterocycles. The van der Waals surface area contributed by atoms with E-state index >= 15 is 0 Å². The topological polar surface area (TPSA) is 42.9 Å². The second-order valence-corrected chi connectivity index (χ2v) is 7.30. The molecule has 1 aliphatic rings. The van der Waals surface area contributed by atoms with Crippen molar-refractivity contribution in [1.29, 1.82) is 0 Å². The number of nitrogens with zero attached hydrogens (tertiary/aromatic N) is 3. The van der Waals surface area contributed by atoms with Crippen LogP contribution in [0.15, 0.2) is 33.7 Å². The Kier molecular flexibility index (Phi) is 10.8. The summed E-state index contributed by atoms with van der Waals surface area (Å²) in [5.41, 5.74) is 1.27. The molecule has 1 fully saturated rings. The molecular formula is C18H31BrIN5. The van der Waals surface area contributed by atoms with Crippen molar-refractivity contribution >= 4 is 51.6 Å². The molecule has 1 aromatic rings. The third-order valence-electron chi connectivity index (χ3n) is 4.10. The van der Waals surface area contributed by atoms with Crippen LogP contribution < -0.4 is 15.5 Å². The minimum atomic E-state index is 0. The van der Waals surface area contributed by atoms with Gasteiger partial charge in [-0.3, -0.25) is 4.99 Å². The van der Waals surface area contributed by atoms with Crippen LogP contribution in [0.25, 0.3) is 0 Å². The number of halogens is 2. The van der Waals surface area contributed by atoms with E-state index < -0.39 is 0 Å². The molecule has 1 atom stereocenters. The fourth-order valence-corrected chi connectivity index (χ4v) is 3.43. The van der Waals surface area contributed by atoms with Crippen LogP contribution in [-0.2, 0) is 0 Å². The van der Waals surface area contributed by atoms with E-state index in [4.69, 9.17) is 4.99 Å². The molecule has 142 valence electrons. The van der Waals surface area contributed by atoms with Crippen LogP contribution in [0, 0.1) is 0 Å². The van der Waals surface area contributed by atoms with Crippen molar-refractivity contribution in [3.05, 3.63) is 28.7 Å². The number of rotatable bonds is 7. The largest absolute Gasteiger partial charge is 0.368 e. The third-order valence-corrected chi connectivity index (χ3v) is 4.77. The summed E-state index contributed by atoms with van der Waals surface area (Å²) in [6.45, 7) is 7.00. The molecule has 7 heteroatoms. The Morgan fingerprint density at radius 1 is 1.36 bits per heavy atom. The molecule has 0 bridgehead atoms. The highest BCUT2D eigenvalue weighted by atomic mass is 127. The van der Waals surface area contributed by atoms with Gasteiger partial charge in [0.05, 0.1) is 5.69 Å². The molecule has 2 N–H and O–H groups in total. The minimum absolute atomic E-state index is 0. The Bertz CT molecular complexity index is 538. The van der Waals surface area contributed by atoms with E-state index in [1.807, 2.05) is 0 Å². The summed E-state index contributed by atoms with van der Waals surface area (Å²) >= 11 is 3.65. The van der Waals surface area contributed by atoms with Crippen LogP contribution in [0.2, 0.25) is 0 Å². The van der Waals surface area contributed by atoms with Gasteiger partial charge in [0.1, 0.15) is 0 Å². The predicted molar refractivity (Wildman–Crippen MR) is 122 cm³/mol. The lowest BCUT2D eigenvalue weighted by Crippen LogP contribution is -2.44. The van der Waals surface area contributed by atoms with Crippen LogP contribution in [0.1, 0.15) is 19.8 Å². The van der Waals surface area contributed by atoms with E-state index in [1.54, 1.807) is 0 Å². The SMILES string of the molecule is CCNC(=NCCCN(C)C)NC1CCN(c2ccccc2Br)C1.I. The monoisotopic (exact) mass is 523 g/mol. The molecule has 1 saturated heterocycles. The van der Waals surface area contributed by atoms with E-state index in [9.17, 15) is 0 Å². The van der Waals surface area contributed by atoms with Gasteiger partial charge < -0.3 is 20.4 Å². The maximum Gasteiger partial charge on any atom is 0.191 e. The normalized spacial score (nSPS) is 17.6. The van der Waals surface area contributed by atoms with E-state index in [0.717, 1.165) is 56.0 Å². The van der Waals surface area contributed by atoms with Gasteiger partial charge in [-0.25, -0.2) is 0 Å². The maximum atomic E-state index is 4.70. The summed E-state index contributed by atoms with van der Waals surface area (Å²) in [6, 6.07) is 8.86. The van der Waals surface area contributed by atoms with Gasteiger partial charge in [0.25, 0.3) is 0 Å². The van der Waals surface area contributed by atoms with Crippen LogP contribution in [0.5, 0.6) is 0 Å². The highest BCUT2D eigenvalue weighted by Crippen LogP contribution is 2.28. The summed E-state index contributed by atoms with van der Waals surface area (Å²) in [5.74, 6) is 0.940. The molecule has 2 rings (SSSR count). The van der Waals surface area contributed by atoms with E-state index in [2.05, 4.69) is 81.6 Å².